The normalized spacial score (nSPS) is 27.5. The summed E-state index contributed by atoms with van der Waals surface area (Å²) in [6.45, 7) is 0.830. The second kappa shape index (κ2) is 8.37. The maximum absolute atomic E-state index is 12.5. The summed E-state index contributed by atoms with van der Waals surface area (Å²) in [4.78, 5) is 24.5. The molecule has 2 N–H and O–H groups in total. The lowest BCUT2D eigenvalue weighted by molar-refractivity contribution is -0.122. The predicted octanol–water partition coefficient (Wildman–Crippen LogP) is 3.75. The van der Waals surface area contributed by atoms with Crippen LogP contribution in [-0.2, 0) is 16.0 Å². The minimum Gasteiger partial charge on any atom is -0.497 e. The molecule has 1 aromatic carbocycles. The molecule has 0 unspecified atom stereocenters. The number of hydrogen-bond acceptors (Lipinski definition) is 3. The van der Waals surface area contributed by atoms with Crippen molar-refractivity contribution in [2.75, 3.05) is 13.7 Å². The number of hydrogen-bond donors (Lipinski definition) is 2. The van der Waals surface area contributed by atoms with E-state index in [1.807, 2.05) is 24.3 Å². The van der Waals surface area contributed by atoms with E-state index in [1.165, 1.54) is 38.5 Å². The SMILES string of the molecule is COc1ccc(C[C@@]2(CCC(=O)NC[C@H]3CC34CCCCC4)CCC(=O)N2)cc1. The molecule has 4 rings (SSSR count). The van der Waals surface area contributed by atoms with E-state index in [1.54, 1.807) is 7.11 Å². The van der Waals surface area contributed by atoms with E-state index >= 15 is 0 Å². The molecule has 3 fully saturated rings. The third-order valence-electron chi connectivity index (χ3n) is 7.52. The monoisotopic (exact) mass is 398 g/mol. The Kier molecular flexibility index (Phi) is 5.84. The number of methoxy groups -OCH3 is 1. The maximum Gasteiger partial charge on any atom is 0.220 e. The van der Waals surface area contributed by atoms with Crippen LogP contribution < -0.4 is 15.4 Å². The molecular weight excluding hydrogens is 364 g/mol. The molecule has 1 heterocycles. The van der Waals surface area contributed by atoms with Crippen LogP contribution in [0.2, 0.25) is 0 Å². The molecule has 2 amide bonds. The van der Waals surface area contributed by atoms with Gasteiger partial charge in [-0.2, -0.15) is 0 Å². The fraction of sp³-hybridized carbons (Fsp3) is 0.667. The van der Waals surface area contributed by atoms with Crippen LogP contribution in [0.25, 0.3) is 0 Å². The van der Waals surface area contributed by atoms with E-state index in [9.17, 15) is 9.59 Å². The van der Waals surface area contributed by atoms with Crippen LogP contribution in [0, 0.1) is 11.3 Å². The zero-order valence-corrected chi connectivity index (χ0v) is 17.6. The van der Waals surface area contributed by atoms with Gasteiger partial charge in [-0.3, -0.25) is 9.59 Å². The van der Waals surface area contributed by atoms with Gasteiger partial charge in [-0.05, 0) is 67.6 Å². The van der Waals surface area contributed by atoms with Gasteiger partial charge in [0, 0.05) is 24.9 Å². The van der Waals surface area contributed by atoms with Gasteiger partial charge in [0.25, 0.3) is 0 Å². The molecule has 2 aliphatic carbocycles. The number of benzene rings is 1. The van der Waals surface area contributed by atoms with Crippen molar-refractivity contribution in [2.45, 2.75) is 76.2 Å². The van der Waals surface area contributed by atoms with E-state index in [2.05, 4.69) is 10.6 Å². The molecule has 1 spiro atoms. The second-order valence-electron chi connectivity index (χ2n) is 9.48. The topological polar surface area (TPSA) is 67.4 Å². The van der Waals surface area contributed by atoms with Crippen molar-refractivity contribution >= 4 is 11.8 Å². The highest BCUT2D eigenvalue weighted by Gasteiger charge is 2.53. The molecule has 3 aliphatic rings. The molecular formula is C24H34N2O3. The number of carbonyl (C=O) groups is 2. The lowest BCUT2D eigenvalue weighted by atomic mass is 9.84. The number of carbonyl (C=O) groups excluding carboxylic acids is 2. The van der Waals surface area contributed by atoms with Gasteiger partial charge in [-0.15, -0.1) is 0 Å². The summed E-state index contributed by atoms with van der Waals surface area (Å²) in [5, 5.41) is 6.35. The Morgan fingerprint density at radius 2 is 1.93 bits per heavy atom. The Bertz CT molecular complexity index is 739. The third-order valence-corrected chi connectivity index (χ3v) is 7.52. The molecule has 2 atom stereocenters. The Labute approximate surface area is 174 Å². The van der Waals surface area contributed by atoms with Gasteiger partial charge in [0.2, 0.25) is 11.8 Å². The van der Waals surface area contributed by atoms with Crippen LogP contribution in [0.5, 0.6) is 5.75 Å². The summed E-state index contributed by atoms with van der Waals surface area (Å²) in [6.07, 6.45) is 11.3. The number of nitrogens with one attached hydrogen (secondary N) is 2. The fourth-order valence-electron chi connectivity index (χ4n) is 5.58. The zero-order valence-electron chi connectivity index (χ0n) is 17.6. The van der Waals surface area contributed by atoms with Gasteiger partial charge in [0.05, 0.1) is 7.11 Å². The van der Waals surface area contributed by atoms with E-state index in [0.717, 1.165) is 30.7 Å². The molecule has 1 aliphatic heterocycles. The number of ether oxygens (including phenoxy) is 1. The van der Waals surface area contributed by atoms with Gasteiger partial charge in [0.1, 0.15) is 5.75 Å². The van der Waals surface area contributed by atoms with E-state index in [0.29, 0.717) is 30.6 Å². The van der Waals surface area contributed by atoms with Crippen LogP contribution in [0.4, 0.5) is 0 Å². The van der Waals surface area contributed by atoms with Crippen molar-refractivity contribution in [3.8, 4) is 5.75 Å². The second-order valence-corrected chi connectivity index (χ2v) is 9.48. The van der Waals surface area contributed by atoms with E-state index < -0.39 is 0 Å². The lowest BCUT2D eigenvalue weighted by Crippen LogP contribution is -2.44. The standard InChI is InChI=1S/C24H34N2O3/c1-29-20-7-5-18(6-8-20)15-24(14-10-22(28)26-24)13-9-21(27)25-17-19-16-23(19)11-3-2-4-12-23/h5-8,19H,2-4,9-17H2,1H3,(H,25,27)(H,26,28)/t19-,24-/m1/s1. The first kappa shape index (κ1) is 20.2. The largest absolute Gasteiger partial charge is 0.497 e. The fourth-order valence-corrected chi connectivity index (χ4v) is 5.58. The molecule has 29 heavy (non-hydrogen) atoms. The van der Waals surface area contributed by atoms with Crippen LogP contribution in [-0.4, -0.2) is 31.0 Å². The first-order chi connectivity index (χ1) is 14.0. The summed E-state index contributed by atoms with van der Waals surface area (Å²) < 4.78 is 5.23. The minimum atomic E-state index is -0.312. The van der Waals surface area contributed by atoms with Gasteiger partial charge < -0.3 is 15.4 Å². The van der Waals surface area contributed by atoms with E-state index in [4.69, 9.17) is 4.74 Å². The van der Waals surface area contributed by atoms with Crippen LogP contribution in [0.3, 0.4) is 0 Å². The number of rotatable bonds is 8. The summed E-state index contributed by atoms with van der Waals surface area (Å²) in [7, 11) is 1.66. The molecule has 0 aromatic heterocycles. The third kappa shape index (κ3) is 4.76. The molecule has 0 radical (unpaired) electrons. The Balaban J connectivity index is 1.28. The zero-order chi connectivity index (χ0) is 20.3. The number of amides is 2. The molecule has 5 nitrogen and oxygen atoms in total. The smallest absolute Gasteiger partial charge is 0.220 e. The molecule has 1 aromatic rings. The average Bonchev–Trinajstić information content (AvgIpc) is 3.26. The Morgan fingerprint density at radius 3 is 2.59 bits per heavy atom. The van der Waals surface area contributed by atoms with Gasteiger partial charge in [-0.1, -0.05) is 31.4 Å². The minimum absolute atomic E-state index is 0.0936. The highest BCUT2D eigenvalue weighted by Crippen LogP contribution is 2.61. The highest BCUT2D eigenvalue weighted by molar-refractivity contribution is 5.80. The van der Waals surface area contributed by atoms with Gasteiger partial charge in [0.15, 0.2) is 0 Å². The van der Waals surface area contributed by atoms with Crippen molar-refractivity contribution in [1.82, 2.24) is 10.6 Å². The first-order valence-corrected chi connectivity index (χ1v) is 11.2. The molecule has 1 saturated heterocycles. The van der Waals surface area contributed by atoms with E-state index in [-0.39, 0.29) is 17.4 Å². The predicted molar refractivity (Wildman–Crippen MR) is 113 cm³/mol. The average molecular weight is 399 g/mol. The molecule has 2 saturated carbocycles. The molecule has 158 valence electrons. The van der Waals surface area contributed by atoms with Crippen LogP contribution in [0.1, 0.15) is 69.8 Å². The quantitative estimate of drug-likeness (QED) is 0.701. The maximum atomic E-state index is 12.5. The van der Waals surface area contributed by atoms with Crippen LogP contribution >= 0.6 is 0 Å². The van der Waals surface area contributed by atoms with Gasteiger partial charge in [-0.25, -0.2) is 0 Å². The van der Waals surface area contributed by atoms with Crippen molar-refractivity contribution in [3.05, 3.63) is 29.8 Å². The summed E-state index contributed by atoms with van der Waals surface area (Å²) in [5.41, 5.74) is 1.40. The lowest BCUT2D eigenvalue weighted by Gasteiger charge is -2.29. The Hall–Kier alpha value is -2.04. The summed E-state index contributed by atoms with van der Waals surface area (Å²) in [6, 6.07) is 7.98. The summed E-state index contributed by atoms with van der Waals surface area (Å²) in [5.74, 6) is 1.73. The first-order valence-electron chi connectivity index (χ1n) is 11.2. The van der Waals surface area contributed by atoms with Crippen molar-refractivity contribution in [1.29, 1.82) is 0 Å². The van der Waals surface area contributed by atoms with Crippen molar-refractivity contribution in [2.24, 2.45) is 11.3 Å². The van der Waals surface area contributed by atoms with Crippen molar-refractivity contribution in [3.63, 3.8) is 0 Å². The summed E-state index contributed by atoms with van der Waals surface area (Å²) >= 11 is 0. The van der Waals surface area contributed by atoms with Crippen LogP contribution in [0.15, 0.2) is 24.3 Å². The molecule has 0 bridgehead atoms. The molecule has 5 heteroatoms. The van der Waals surface area contributed by atoms with Gasteiger partial charge >= 0.3 is 0 Å². The highest BCUT2D eigenvalue weighted by atomic mass is 16.5. The Morgan fingerprint density at radius 1 is 1.17 bits per heavy atom. The van der Waals surface area contributed by atoms with Crippen molar-refractivity contribution < 1.29 is 14.3 Å².